The molecule has 5 amide bonds. The molecule has 1 unspecified atom stereocenters. The number of unbranched alkanes of at least 4 members (excludes halogenated alkanes) is 2. The summed E-state index contributed by atoms with van der Waals surface area (Å²) in [4.78, 5) is 91.2. The molecule has 0 saturated carbocycles. The lowest BCUT2D eigenvalue weighted by Crippen LogP contribution is -2.54. The minimum atomic E-state index is -1.02. The highest BCUT2D eigenvalue weighted by Gasteiger charge is 2.45. The number of nitrogens with one attached hydrogen (secondary N) is 3. The number of rotatable bonds is 15. The zero-order valence-corrected chi connectivity index (χ0v) is 32.1. The van der Waals surface area contributed by atoms with Crippen LogP contribution in [0.15, 0.2) is 59.8 Å². The molecule has 4 N–H and O–H groups in total. The number of hydrogen-bond acceptors (Lipinski definition) is 12. The zero-order chi connectivity index (χ0) is 41.2. The van der Waals surface area contributed by atoms with E-state index in [1.807, 2.05) is 30.1 Å². The number of ether oxygens (including phenoxy) is 2. The average molecular weight is 784 g/mol. The van der Waals surface area contributed by atoms with E-state index < -0.39 is 29.7 Å². The van der Waals surface area contributed by atoms with Crippen molar-refractivity contribution < 1.29 is 43.3 Å². The summed E-state index contributed by atoms with van der Waals surface area (Å²) in [5.41, 5.74) is 3.24. The maximum absolute atomic E-state index is 13.3. The van der Waals surface area contributed by atoms with Crippen molar-refractivity contribution >= 4 is 52.5 Å². The summed E-state index contributed by atoms with van der Waals surface area (Å²) in [6, 6.07) is 9.57. The number of hydrogen-bond donors (Lipinski definition) is 4. The minimum Gasteiger partial charge on any atom is -0.496 e. The van der Waals surface area contributed by atoms with Crippen molar-refractivity contribution in [3.8, 4) is 22.6 Å². The van der Waals surface area contributed by atoms with Gasteiger partial charge in [-0.05, 0) is 74.0 Å². The molecule has 2 aliphatic heterocycles. The Morgan fingerprint density at radius 2 is 1.70 bits per heavy atom. The van der Waals surface area contributed by atoms with Crippen LogP contribution < -0.4 is 31.0 Å². The van der Waals surface area contributed by atoms with Crippen LogP contribution in [-0.4, -0.2) is 107 Å². The molecule has 1 fully saturated rings. The molecule has 0 bridgehead atoms. The predicted molar refractivity (Wildman–Crippen MR) is 209 cm³/mol. The van der Waals surface area contributed by atoms with Gasteiger partial charge in [0.2, 0.25) is 17.7 Å². The molecule has 57 heavy (non-hydrogen) atoms. The maximum atomic E-state index is 13.3. The highest BCUT2D eigenvalue weighted by molar-refractivity contribution is 6.25. The van der Waals surface area contributed by atoms with E-state index in [0.717, 1.165) is 46.2 Å². The molecule has 0 aliphatic carbocycles. The van der Waals surface area contributed by atoms with Crippen LogP contribution in [0.3, 0.4) is 0 Å². The first-order chi connectivity index (χ1) is 27.4. The first-order valence-electron chi connectivity index (χ1n) is 18.2. The fraction of sp³-hybridized carbons (Fsp3) is 0.350. The monoisotopic (exact) mass is 783 g/mol. The van der Waals surface area contributed by atoms with Crippen LogP contribution in [0.25, 0.3) is 21.9 Å². The van der Waals surface area contributed by atoms with Crippen LogP contribution in [0.5, 0.6) is 11.5 Å². The summed E-state index contributed by atoms with van der Waals surface area (Å²) in [7, 11) is 6.70. The molecule has 1 atom stereocenters. The van der Waals surface area contributed by atoms with Gasteiger partial charge in [0.05, 0.1) is 42.8 Å². The van der Waals surface area contributed by atoms with Crippen LogP contribution in [-0.2, 0) is 32.8 Å². The van der Waals surface area contributed by atoms with Crippen molar-refractivity contribution in [2.75, 3.05) is 46.2 Å². The van der Waals surface area contributed by atoms with Crippen molar-refractivity contribution in [1.82, 2.24) is 30.0 Å². The van der Waals surface area contributed by atoms with E-state index in [-0.39, 0.29) is 48.5 Å². The summed E-state index contributed by atoms with van der Waals surface area (Å²) in [5, 5.41) is 16.6. The van der Waals surface area contributed by atoms with Gasteiger partial charge in [-0.3, -0.25) is 53.7 Å². The lowest BCUT2D eigenvalue weighted by molar-refractivity contribution is -0.136. The highest BCUT2D eigenvalue weighted by Crippen LogP contribution is 2.38. The van der Waals surface area contributed by atoms with Gasteiger partial charge in [-0.25, -0.2) is 0 Å². The molecule has 4 heterocycles. The van der Waals surface area contributed by atoms with Crippen LogP contribution >= 0.6 is 0 Å². The van der Waals surface area contributed by atoms with Crippen molar-refractivity contribution in [2.45, 2.75) is 44.7 Å². The van der Waals surface area contributed by atoms with Crippen molar-refractivity contribution in [3.63, 3.8) is 0 Å². The lowest BCUT2D eigenvalue weighted by Gasteiger charge is -2.27. The van der Waals surface area contributed by atoms with E-state index in [2.05, 4.69) is 20.9 Å². The molecule has 4 aromatic rings. The molecule has 17 heteroatoms. The Bertz CT molecular complexity index is 2230. The number of aryl methyl sites for hydroxylation is 1. The van der Waals surface area contributed by atoms with Gasteiger partial charge >= 0.3 is 0 Å². The predicted octanol–water partition coefficient (Wildman–Crippen LogP) is 2.55. The number of carbonyl (C=O) groups excluding carboxylic acids is 5. The number of anilines is 1. The van der Waals surface area contributed by atoms with E-state index >= 15 is 0 Å². The average Bonchev–Trinajstić information content (AvgIpc) is 3.45. The number of pyridine rings is 2. The van der Waals surface area contributed by atoms with Crippen LogP contribution in [0.4, 0.5) is 5.69 Å². The Morgan fingerprint density at radius 1 is 1.00 bits per heavy atom. The molecule has 0 radical (unpaired) electrons. The number of carbonyl (C=O) groups is 6. The molecule has 2 aromatic carbocycles. The first kappa shape index (κ1) is 41.5. The minimum absolute atomic E-state index is 0.0589. The van der Waals surface area contributed by atoms with E-state index in [4.69, 9.17) is 19.4 Å². The third-order valence-electron chi connectivity index (χ3n) is 9.70. The normalized spacial score (nSPS) is 14.8. The molecule has 6 rings (SSSR count). The molecule has 17 nitrogen and oxygen atoms in total. The topological polar surface area (TPSA) is 219 Å². The fourth-order valence-electron chi connectivity index (χ4n) is 7.00. The maximum Gasteiger partial charge on any atom is 0.290 e. The second kappa shape index (κ2) is 18.8. The van der Waals surface area contributed by atoms with Gasteiger partial charge in [0.25, 0.3) is 23.8 Å². The number of likely N-dealkylation sites (N-methyl/N-ethyl adjacent to an activating group) is 1. The Balaban J connectivity index is 0.00000200. The fourth-order valence-corrected chi connectivity index (χ4v) is 7.00. The van der Waals surface area contributed by atoms with Crippen molar-refractivity contribution in [2.24, 2.45) is 7.05 Å². The number of methoxy groups -OCH3 is 2. The Morgan fingerprint density at radius 3 is 2.39 bits per heavy atom. The first-order valence-corrected chi connectivity index (χ1v) is 18.2. The second-order valence-electron chi connectivity index (χ2n) is 13.5. The Hall–Kier alpha value is -6.62. The van der Waals surface area contributed by atoms with Crippen LogP contribution in [0.2, 0.25) is 0 Å². The van der Waals surface area contributed by atoms with E-state index in [1.54, 1.807) is 58.1 Å². The number of benzene rings is 2. The van der Waals surface area contributed by atoms with E-state index in [1.165, 1.54) is 4.57 Å². The van der Waals surface area contributed by atoms with Crippen LogP contribution in [0, 0.1) is 0 Å². The molecule has 2 aliphatic rings. The number of carboxylic acid groups (broad SMARTS) is 1. The third kappa shape index (κ3) is 9.27. The number of piperidine rings is 1. The summed E-state index contributed by atoms with van der Waals surface area (Å²) in [5.74, 6) is -1.12. The number of nitrogens with zero attached hydrogens (tertiary/aromatic N) is 4. The Kier molecular flexibility index (Phi) is 13.7. The number of amides is 5. The molecular weight excluding hydrogens is 738 g/mol. The third-order valence-corrected chi connectivity index (χ3v) is 9.70. The van der Waals surface area contributed by atoms with Crippen LogP contribution in [0.1, 0.15) is 58.4 Å². The molecule has 0 spiro atoms. The summed E-state index contributed by atoms with van der Waals surface area (Å²) >= 11 is 0. The SMILES string of the molecule is COc1cc(-c2cn(C)c(=O)c3cnccc23)cc(OC)c1CN(C)CC(=O)NCCCCCNc1cccc2c1C(=O)N(C1CCC(=O)NC1=O)C2=O.O=CO. The van der Waals surface area contributed by atoms with Crippen molar-refractivity contribution in [1.29, 1.82) is 0 Å². The highest BCUT2D eigenvalue weighted by atomic mass is 16.5. The van der Waals surface area contributed by atoms with Gasteiger partial charge in [-0.2, -0.15) is 0 Å². The summed E-state index contributed by atoms with van der Waals surface area (Å²) < 4.78 is 13.1. The lowest BCUT2D eigenvalue weighted by atomic mass is 9.99. The van der Waals surface area contributed by atoms with Crippen molar-refractivity contribution in [3.05, 3.63) is 82.0 Å². The van der Waals surface area contributed by atoms with Gasteiger partial charge in [-0.15, -0.1) is 0 Å². The second-order valence-corrected chi connectivity index (χ2v) is 13.5. The Labute approximate surface area is 327 Å². The largest absolute Gasteiger partial charge is 0.496 e. The molecular formula is C40H45N7O10. The quantitative estimate of drug-likeness (QED) is 0.0775. The van der Waals surface area contributed by atoms with Gasteiger partial charge in [0.1, 0.15) is 17.5 Å². The smallest absolute Gasteiger partial charge is 0.290 e. The number of fused-ring (bicyclic) bond motifs is 2. The molecule has 2 aromatic heterocycles. The number of aromatic nitrogens is 2. The van der Waals surface area contributed by atoms with Gasteiger partial charge < -0.3 is 29.8 Å². The number of imide groups is 2. The zero-order valence-electron chi connectivity index (χ0n) is 32.1. The standard InChI is InChI=1S/C39H43N7O8.CH2O2/c1-44(20-28-31(53-3)17-23(18-32(28)54-4)27-21-45(2)37(50)26-19-40-16-13-24(26)27)22-34(48)42-15-7-5-6-14-41-29-10-8-9-25-35(29)39(52)46(38(25)51)30-11-12-33(47)43-36(30)49;2-1-3/h8-10,13,16-19,21,30,41H,5-7,11-12,14-15,20,22H2,1-4H3,(H,42,48)(H,43,47,49);1H,(H,2,3). The molecule has 300 valence electrons. The van der Waals surface area contributed by atoms with Gasteiger partial charge in [0.15, 0.2) is 0 Å². The van der Waals surface area contributed by atoms with E-state index in [0.29, 0.717) is 42.2 Å². The van der Waals surface area contributed by atoms with E-state index in [9.17, 15) is 28.8 Å². The summed E-state index contributed by atoms with van der Waals surface area (Å²) in [6.45, 7) is 1.30. The molecule has 1 saturated heterocycles. The van der Waals surface area contributed by atoms with Gasteiger partial charge in [-0.1, -0.05) is 6.07 Å². The summed E-state index contributed by atoms with van der Waals surface area (Å²) in [6.07, 6.45) is 7.45. The van der Waals surface area contributed by atoms with Gasteiger partial charge in [0, 0.05) is 62.9 Å².